The second-order valence-corrected chi connectivity index (χ2v) is 4.42. The third-order valence-corrected chi connectivity index (χ3v) is 3.15. The van der Waals surface area contributed by atoms with E-state index in [2.05, 4.69) is 27.2 Å². The van der Waals surface area contributed by atoms with Gasteiger partial charge in [-0.2, -0.15) is 4.98 Å². The number of nitrogens with zero attached hydrogens (tertiary/aromatic N) is 4. The second kappa shape index (κ2) is 4.33. The molecular formula is C12H17N5. The molecule has 0 bridgehead atoms. The molecule has 0 aliphatic carbocycles. The fourth-order valence-electron chi connectivity index (χ4n) is 2.12. The zero-order valence-electron chi connectivity index (χ0n) is 10.0. The minimum Gasteiger partial charge on any atom is -0.334 e. The highest BCUT2D eigenvalue weighted by Gasteiger charge is 2.26. The summed E-state index contributed by atoms with van der Waals surface area (Å²) in [4.78, 5) is 6.89. The van der Waals surface area contributed by atoms with E-state index in [0.29, 0.717) is 6.04 Å². The Morgan fingerprint density at radius 2 is 2.35 bits per heavy atom. The van der Waals surface area contributed by atoms with Crippen molar-refractivity contribution in [2.45, 2.75) is 19.4 Å². The van der Waals surface area contributed by atoms with Crippen LogP contribution in [0.15, 0.2) is 24.4 Å². The van der Waals surface area contributed by atoms with Crippen LogP contribution in [0.5, 0.6) is 0 Å². The van der Waals surface area contributed by atoms with Crippen molar-refractivity contribution in [2.75, 3.05) is 24.5 Å². The van der Waals surface area contributed by atoms with Crippen molar-refractivity contribution in [1.29, 1.82) is 0 Å². The van der Waals surface area contributed by atoms with E-state index in [-0.39, 0.29) is 0 Å². The third kappa shape index (κ3) is 1.86. The molecular weight excluding hydrogens is 214 g/mol. The fraction of sp³-hybridized carbons (Fsp3) is 0.500. The normalized spacial score (nSPS) is 16.1. The Morgan fingerprint density at radius 1 is 1.47 bits per heavy atom. The van der Waals surface area contributed by atoms with Crippen molar-refractivity contribution in [3.63, 3.8) is 0 Å². The zero-order valence-corrected chi connectivity index (χ0v) is 10.0. The van der Waals surface area contributed by atoms with Gasteiger partial charge in [0, 0.05) is 25.8 Å². The Bertz CT molecular complexity index is 469. The summed E-state index contributed by atoms with van der Waals surface area (Å²) in [6.07, 6.45) is 3.06. The summed E-state index contributed by atoms with van der Waals surface area (Å²) in [5.41, 5.74) is 0.913. The zero-order chi connectivity index (χ0) is 11.7. The van der Waals surface area contributed by atoms with Crippen molar-refractivity contribution in [2.24, 2.45) is 0 Å². The molecule has 0 amide bonds. The highest BCUT2D eigenvalue weighted by atomic mass is 15.4. The van der Waals surface area contributed by atoms with Crippen molar-refractivity contribution < 1.29 is 0 Å². The molecule has 0 saturated carbocycles. The van der Waals surface area contributed by atoms with E-state index in [1.807, 2.05) is 28.9 Å². The van der Waals surface area contributed by atoms with Gasteiger partial charge < -0.3 is 10.2 Å². The van der Waals surface area contributed by atoms with Gasteiger partial charge in [0.1, 0.15) is 0 Å². The largest absolute Gasteiger partial charge is 0.334 e. The van der Waals surface area contributed by atoms with Gasteiger partial charge in [-0.25, -0.2) is 4.52 Å². The van der Waals surface area contributed by atoms with Crippen LogP contribution in [-0.4, -0.2) is 40.3 Å². The summed E-state index contributed by atoms with van der Waals surface area (Å²) in [6.45, 7) is 5.28. The van der Waals surface area contributed by atoms with E-state index in [1.54, 1.807) is 0 Å². The molecule has 90 valence electrons. The molecule has 0 unspecified atom stereocenters. The summed E-state index contributed by atoms with van der Waals surface area (Å²) >= 11 is 0. The maximum atomic E-state index is 4.58. The molecule has 17 heavy (non-hydrogen) atoms. The standard InChI is InChI=1S/C12H17N5/c1-2-6-16(10-8-13-9-10)12-14-11-5-3-4-7-17(11)15-12/h3-5,7,10,13H,2,6,8-9H2,1H3. The summed E-state index contributed by atoms with van der Waals surface area (Å²) in [7, 11) is 0. The lowest BCUT2D eigenvalue weighted by Gasteiger charge is -2.37. The number of pyridine rings is 1. The lowest BCUT2D eigenvalue weighted by Crippen LogP contribution is -2.58. The lowest BCUT2D eigenvalue weighted by atomic mass is 10.1. The molecule has 1 aliphatic heterocycles. The summed E-state index contributed by atoms with van der Waals surface area (Å²) < 4.78 is 1.84. The van der Waals surface area contributed by atoms with E-state index < -0.39 is 0 Å². The van der Waals surface area contributed by atoms with Crippen LogP contribution in [0.1, 0.15) is 13.3 Å². The van der Waals surface area contributed by atoms with Crippen LogP contribution in [0.25, 0.3) is 5.65 Å². The van der Waals surface area contributed by atoms with Crippen LogP contribution in [0.4, 0.5) is 5.95 Å². The summed E-state index contributed by atoms with van der Waals surface area (Å²) in [6, 6.07) is 6.50. The van der Waals surface area contributed by atoms with Crippen molar-refractivity contribution in [3.05, 3.63) is 24.4 Å². The highest BCUT2D eigenvalue weighted by Crippen LogP contribution is 2.16. The quantitative estimate of drug-likeness (QED) is 0.850. The van der Waals surface area contributed by atoms with E-state index >= 15 is 0 Å². The maximum absolute atomic E-state index is 4.58. The summed E-state index contributed by atoms with van der Waals surface area (Å²) in [5, 5.41) is 7.84. The Morgan fingerprint density at radius 3 is 3.00 bits per heavy atom. The number of nitrogens with one attached hydrogen (secondary N) is 1. The molecule has 0 radical (unpaired) electrons. The molecule has 0 atom stereocenters. The first-order valence-electron chi connectivity index (χ1n) is 6.17. The van der Waals surface area contributed by atoms with Gasteiger partial charge in [-0.05, 0) is 18.6 Å². The van der Waals surface area contributed by atoms with E-state index in [0.717, 1.165) is 37.7 Å². The Labute approximate surface area is 100 Å². The predicted octanol–water partition coefficient (Wildman–Crippen LogP) is 0.917. The average Bonchev–Trinajstić information content (AvgIpc) is 2.69. The van der Waals surface area contributed by atoms with Crippen molar-refractivity contribution >= 4 is 11.6 Å². The monoisotopic (exact) mass is 231 g/mol. The smallest absolute Gasteiger partial charge is 0.246 e. The topological polar surface area (TPSA) is 45.5 Å². The van der Waals surface area contributed by atoms with Gasteiger partial charge in [-0.15, -0.1) is 5.10 Å². The van der Waals surface area contributed by atoms with Crippen LogP contribution in [0, 0.1) is 0 Å². The molecule has 0 aromatic carbocycles. The number of rotatable bonds is 4. The molecule has 1 fully saturated rings. The van der Waals surface area contributed by atoms with Gasteiger partial charge in [0.15, 0.2) is 5.65 Å². The van der Waals surface area contributed by atoms with Crippen molar-refractivity contribution in [3.8, 4) is 0 Å². The molecule has 2 aromatic rings. The molecule has 0 spiro atoms. The van der Waals surface area contributed by atoms with Crippen LogP contribution in [-0.2, 0) is 0 Å². The first kappa shape index (κ1) is 10.5. The molecule has 1 saturated heterocycles. The minimum absolute atomic E-state index is 0.548. The van der Waals surface area contributed by atoms with E-state index in [4.69, 9.17) is 0 Å². The molecule has 1 N–H and O–H groups in total. The molecule has 2 aromatic heterocycles. The average molecular weight is 231 g/mol. The predicted molar refractivity (Wildman–Crippen MR) is 67.3 cm³/mol. The fourth-order valence-corrected chi connectivity index (χ4v) is 2.12. The number of fused-ring (bicyclic) bond motifs is 1. The number of hydrogen-bond donors (Lipinski definition) is 1. The van der Waals surface area contributed by atoms with E-state index in [9.17, 15) is 0 Å². The minimum atomic E-state index is 0.548. The number of anilines is 1. The summed E-state index contributed by atoms with van der Waals surface area (Å²) in [5.74, 6) is 0.851. The molecule has 5 nitrogen and oxygen atoms in total. The molecule has 1 aliphatic rings. The van der Waals surface area contributed by atoms with Crippen LogP contribution >= 0.6 is 0 Å². The first-order chi connectivity index (χ1) is 8.38. The third-order valence-electron chi connectivity index (χ3n) is 3.15. The van der Waals surface area contributed by atoms with Gasteiger partial charge in [-0.3, -0.25) is 0 Å². The van der Waals surface area contributed by atoms with E-state index in [1.165, 1.54) is 0 Å². The highest BCUT2D eigenvalue weighted by molar-refractivity contribution is 5.45. The van der Waals surface area contributed by atoms with Gasteiger partial charge in [-0.1, -0.05) is 13.0 Å². The Kier molecular flexibility index (Phi) is 2.68. The van der Waals surface area contributed by atoms with Gasteiger partial charge in [0.25, 0.3) is 0 Å². The van der Waals surface area contributed by atoms with Crippen LogP contribution in [0.2, 0.25) is 0 Å². The molecule has 3 rings (SSSR count). The van der Waals surface area contributed by atoms with Gasteiger partial charge in [0.05, 0.1) is 6.04 Å². The Hall–Kier alpha value is -1.62. The van der Waals surface area contributed by atoms with Crippen LogP contribution in [0.3, 0.4) is 0 Å². The molecule has 5 heteroatoms. The van der Waals surface area contributed by atoms with Gasteiger partial charge in [0.2, 0.25) is 5.95 Å². The number of aromatic nitrogens is 3. The maximum Gasteiger partial charge on any atom is 0.246 e. The molecule has 3 heterocycles. The van der Waals surface area contributed by atoms with Crippen molar-refractivity contribution in [1.82, 2.24) is 19.9 Å². The van der Waals surface area contributed by atoms with Gasteiger partial charge >= 0.3 is 0 Å². The first-order valence-corrected chi connectivity index (χ1v) is 6.17. The Balaban J connectivity index is 1.93. The second-order valence-electron chi connectivity index (χ2n) is 4.42. The van der Waals surface area contributed by atoms with Crippen LogP contribution < -0.4 is 10.2 Å². The lowest BCUT2D eigenvalue weighted by molar-refractivity contribution is 0.408. The SMILES string of the molecule is CCCN(c1nc2ccccn2n1)C1CNC1. The number of hydrogen-bond acceptors (Lipinski definition) is 4.